The van der Waals surface area contributed by atoms with Gasteiger partial charge in [-0.25, -0.2) is 0 Å². The van der Waals surface area contributed by atoms with E-state index in [4.69, 9.17) is 31.2 Å². The molecule has 2 heterocycles. The molecule has 0 radical (unpaired) electrons. The van der Waals surface area contributed by atoms with Crippen molar-refractivity contribution in [3.05, 3.63) is 96.0 Å². The van der Waals surface area contributed by atoms with Gasteiger partial charge in [0.25, 0.3) is 5.89 Å². The highest BCUT2D eigenvalue weighted by atomic mass is 32.1. The second-order valence-electron chi connectivity index (χ2n) is 8.21. The number of ether oxygens (including phenoxy) is 2. The zero-order valence-corrected chi connectivity index (χ0v) is 21.1. The first-order valence-electron chi connectivity index (χ1n) is 11.7. The summed E-state index contributed by atoms with van der Waals surface area (Å²) in [7, 11) is 1.64. The topological polar surface area (TPSA) is 72.7 Å². The molecule has 1 aliphatic rings. The lowest BCUT2D eigenvalue weighted by molar-refractivity contribution is 0.340. The van der Waals surface area contributed by atoms with E-state index in [0.717, 1.165) is 39.6 Å². The Morgan fingerprint density at radius 3 is 2.50 bits per heavy atom. The van der Waals surface area contributed by atoms with Crippen molar-refractivity contribution in [3.63, 3.8) is 0 Å². The maximum Gasteiger partial charge on any atom is 0.258 e. The number of methoxy groups -OCH3 is 1. The standard InChI is InChI=1S/C28H26N4O3S/c1-4-34-22-15-13-19(14-16-22)25-24(27-30-26(31-35-27)20-9-6-5-7-10-20)18(2)32(28(36)29-25)21-11-8-12-23(17-21)33-3/h5-17,25H,4H2,1-3H3,(H,29,36). The number of allylic oxidation sites excluding steroid dienone is 1. The summed E-state index contributed by atoms with van der Waals surface area (Å²) >= 11 is 5.84. The molecule has 0 bridgehead atoms. The lowest BCUT2D eigenvalue weighted by Gasteiger charge is -2.37. The molecular weight excluding hydrogens is 472 g/mol. The Morgan fingerprint density at radius 1 is 1.00 bits per heavy atom. The number of rotatable bonds is 7. The monoisotopic (exact) mass is 498 g/mol. The van der Waals surface area contributed by atoms with E-state index in [2.05, 4.69) is 10.5 Å². The normalized spacial score (nSPS) is 15.6. The second-order valence-corrected chi connectivity index (χ2v) is 8.60. The van der Waals surface area contributed by atoms with Crippen molar-refractivity contribution in [3.8, 4) is 22.9 Å². The second kappa shape index (κ2) is 10.2. The van der Waals surface area contributed by atoms with Crippen LogP contribution >= 0.6 is 12.2 Å². The number of anilines is 1. The van der Waals surface area contributed by atoms with E-state index in [1.165, 1.54) is 0 Å². The molecule has 182 valence electrons. The predicted octanol–water partition coefficient (Wildman–Crippen LogP) is 6.01. The summed E-state index contributed by atoms with van der Waals surface area (Å²) < 4.78 is 16.9. The van der Waals surface area contributed by atoms with Gasteiger partial charge in [-0.2, -0.15) is 4.98 Å². The molecule has 36 heavy (non-hydrogen) atoms. The van der Waals surface area contributed by atoms with Gasteiger partial charge in [-0.3, -0.25) is 4.90 Å². The van der Waals surface area contributed by atoms with Gasteiger partial charge >= 0.3 is 0 Å². The zero-order valence-electron chi connectivity index (χ0n) is 20.3. The van der Waals surface area contributed by atoms with Gasteiger partial charge in [0, 0.05) is 17.3 Å². The SMILES string of the molecule is CCOc1ccc(C2NC(=S)N(c3cccc(OC)c3)C(C)=C2c2nc(-c3ccccc3)no2)cc1. The molecular formula is C28H26N4O3S. The minimum absolute atomic E-state index is 0.292. The Hall–Kier alpha value is -4.17. The van der Waals surface area contributed by atoms with Crippen LogP contribution in [-0.4, -0.2) is 29.0 Å². The van der Waals surface area contributed by atoms with E-state index >= 15 is 0 Å². The van der Waals surface area contributed by atoms with E-state index in [0.29, 0.717) is 23.4 Å². The number of benzene rings is 3. The molecule has 3 aromatic carbocycles. The fourth-order valence-electron chi connectivity index (χ4n) is 4.29. The van der Waals surface area contributed by atoms with Gasteiger partial charge in [-0.05, 0) is 55.9 Å². The molecule has 5 rings (SSSR count). The highest BCUT2D eigenvalue weighted by Gasteiger charge is 2.35. The lowest BCUT2D eigenvalue weighted by Crippen LogP contribution is -2.46. The van der Waals surface area contributed by atoms with Crippen LogP contribution in [0.1, 0.15) is 31.3 Å². The molecule has 1 unspecified atom stereocenters. The number of hydrogen-bond donors (Lipinski definition) is 1. The van der Waals surface area contributed by atoms with Crippen LogP contribution < -0.4 is 19.7 Å². The number of nitrogens with zero attached hydrogens (tertiary/aromatic N) is 3. The third kappa shape index (κ3) is 4.55. The zero-order chi connectivity index (χ0) is 25.1. The Kier molecular flexibility index (Phi) is 6.69. The van der Waals surface area contributed by atoms with E-state index in [-0.39, 0.29) is 6.04 Å². The quantitative estimate of drug-likeness (QED) is 0.311. The average Bonchev–Trinajstić information content (AvgIpc) is 3.39. The molecule has 0 saturated carbocycles. The first kappa shape index (κ1) is 23.6. The van der Waals surface area contributed by atoms with Crippen molar-refractivity contribution in [2.24, 2.45) is 0 Å². The van der Waals surface area contributed by atoms with Crippen LogP contribution in [0.4, 0.5) is 5.69 Å². The third-order valence-corrected chi connectivity index (χ3v) is 6.31. The van der Waals surface area contributed by atoms with Crippen LogP contribution in [0.2, 0.25) is 0 Å². The molecule has 1 N–H and O–H groups in total. The average molecular weight is 499 g/mol. The van der Waals surface area contributed by atoms with Crippen molar-refractivity contribution < 1.29 is 14.0 Å². The van der Waals surface area contributed by atoms with E-state index in [1.54, 1.807) is 7.11 Å². The Labute approximate surface area is 215 Å². The highest BCUT2D eigenvalue weighted by molar-refractivity contribution is 7.80. The summed E-state index contributed by atoms with van der Waals surface area (Å²) in [5.41, 5.74) is 4.47. The summed E-state index contributed by atoms with van der Waals surface area (Å²) in [5.74, 6) is 2.50. The molecule has 1 atom stereocenters. The molecule has 7 nitrogen and oxygen atoms in total. The fourth-order valence-corrected chi connectivity index (χ4v) is 4.65. The number of aromatic nitrogens is 2. The number of thiocarbonyl (C=S) groups is 1. The van der Waals surface area contributed by atoms with Crippen LogP contribution in [0.25, 0.3) is 17.0 Å². The Balaban J connectivity index is 1.63. The van der Waals surface area contributed by atoms with Gasteiger partial charge in [0.2, 0.25) is 5.82 Å². The molecule has 0 amide bonds. The van der Waals surface area contributed by atoms with Gasteiger partial charge in [0.1, 0.15) is 11.5 Å². The first-order chi connectivity index (χ1) is 17.6. The minimum atomic E-state index is -0.292. The van der Waals surface area contributed by atoms with Crippen molar-refractivity contribution >= 4 is 28.6 Å². The molecule has 4 aromatic rings. The van der Waals surface area contributed by atoms with Gasteiger partial charge in [-0.1, -0.05) is 53.7 Å². The summed E-state index contributed by atoms with van der Waals surface area (Å²) in [6.07, 6.45) is 0. The molecule has 0 fully saturated rings. The lowest BCUT2D eigenvalue weighted by atomic mass is 9.94. The molecule has 0 aliphatic carbocycles. The molecule has 1 aromatic heterocycles. The van der Waals surface area contributed by atoms with Crippen LogP contribution in [0.15, 0.2) is 89.1 Å². The highest BCUT2D eigenvalue weighted by Crippen LogP contribution is 2.40. The maximum absolute atomic E-state index is 5.84. The van der Waals surface area contributed by atoms with Crippen LogP contribution in [0.5, 0.6) is 11.5 Å². The van der Waals surface area contributed by atoms with E-state index < -0.39 is 0 Å². The molecule has 0 spiro atoms. The minimum Gasteiger partial charge on any atom is -0.497 e. The van der Waals surface area contributed by atoms with Gasteiger partial charge in [0.15, 0.2) is 5.11 Å². The van der Waals surface area contributed by atoms with Crippen LogP contribution in [0.3, 0.4) is 0 Å². The van der Waals surface area contributed by atoms with Crippen molar-refractivity contribution in [2.75, 3.05) is 18.6 Å². The van der Waals surface area contributed by atoms with Crippen LogP contribution in [0, 0.1) is 0 Å². The van der Waals surface area contributed by atoms with Gasteiger partial charge in [0.05, 0.1) is 31.0 Å². The Morgan fingerprint density at radius 2 is 1.78 bits per heavy atom. The van der Waals surface area contributed by atoms with Crippen LogP contribution in [-0.2, 0) is 0 Å². The van der Waals surface area contributed by atoms with Crippen molar-refractivity contribution in [2.45, 2.75) is 19.9 Å². The first-order valence-corrected chi connectivity index (χ1v) is 12.1. The number of nitrogens with one attached hydrogen (secondary N) is 1. The summed E-state index contributed by atoms with van der Waals surface area (Å²) in [4.78, 5) is 6.73. The fraction of sp³-hybridized carbons (Fsp3) is 0.179. The van der Waals surface area contributed by atoms with E-state index in [9.17, 15) is 0 Å². The smallest absolute Gasteiger partial charge is 0.258 e. The van der Waals surface area contributed by atoms with Gasteiger partial charge < -0.3 is 19.3 Å². The molecule has 1 aliphatic heterocycles. The van der Waals surface area contributed by atoms with Crippen molar-refractivity contribution in [1.29, 1.82) is 0 Å². The van der Waals surface area contributed by atoms with Crippen molar-refractivity contribution in [1.82, 2.24) is 15.5 Å². The summed E-state index contributed by atoms with van der Waals surface area (Å²) in [6.45, 7) is 4.58. The predicted molar refractivity (Wildman–Crippen MR) is 144 cm³/mol. The Bertz CT molecular complexity index is 1400. The molecule has 0 saturated heterocycles. The maximum atomic E-state index is 5.84. The third-order valence-electron chi connectivity index (χ3n) is 6.01. The number of hydrogen-bond acceptors (Lipinski definition) is 6. The van der Waals surface area contributed by atoms with E-state index in [1.807, 2.05) is 97.6 Å². The largest absolute Gasteiger partial charge is 0.497 e. The molecule has 8 heteroatoms. The van der Waals surface area contributed by atoms with Gasteiger partial charge in [-0.15, -0.1) is 0 Å². The summed E-state index contributed by atoms with van der Waals surface area (Å²) in [6, 6.07) is 25.2. The summed E-state index contributed by atoms with van der Waals surface area (Å²) in [5, 5.41) is 8.32.